The van der Waals surface area contributed by atoms with E-state index in [1.54, 1.807) is 38.1 Å². The molecule has 0 unspecified atom stereocenters. The third-order valence-electron chi connectivity index (χ3n) is 12.0. The molecule has 0 fully saturated rings. The Bertz CT molecular complexity index is 3830. The van der Waals surface area contributed by atoms with Crippen LogP contribution >= 0.6 is 47.0 Å². The molecule has 9 rings (SSSR count). The number of nitrogens with two attached hydrogens (primary N) is 2. The lowest BCUT2D eigenvalue weighted by atomic mass is 10.1. The van der Waals surface area contributed by atoms with Gasteiger partial charge in [0.1, 0.15) is 11.5 Å². The Kier molecular flexibility index (Phi) is 31.8. The molecule has 0 spiro atoms. The Balaban J connectivity index is 0.000000215. The van der Waals surface area contributed by atoms with Crippen LogP contribution in [-0.4, -0.2) is 95.7 Å². The topological polar surface area (TPSA) is 370 Å². The van der Waals surface area contributed by atoms with Crippen molar-refractivity contribution < 1.29 is 113 Å². The van der Waals surface area contributed by atoms with Gasteiger partial charge in [-0.3, -0.25) is 9.59 Å². The molecule has 0 bridgehead atoms. The Morgan fingerprint density at radius 2 is 0.732 bits per heavy atom. The van der Waals surface area contributed by atoms with Crippen molar-refractivity contribution in [2.75, 3.05) is 62.5 Å². The highest BCUT2D eigenvalue weighted by atomic mass is 32.2. The maximum absolute atomic E-state index is 12.1. The molecule has 0 atom stereocenters. The highest BCUT2D eigenvalue weighted by Crippen LogP contribution is 2.34. The summed E-state index contributed by atoms with van der Waals surface area (Å²) in [4.78, 5) is 92.3. The van der Waals surface area contributed by atoms with Crippen LogP contribution in [0.1, 0.15) is 67.9 Å². The van der Waals surface area contributed by atoms with E-state index < -0.39 is 39.5 Å². The van der Waals surface area contributed by atoms with Gasteiger partial charge in [0.05, 0.1) is 0 Å². The van der Waals surface area contributed by atoms with Gasteiger partial charge in [-0.25, -0.2) is 28.8 Å². The van der Waals surface area contributed by atoms with Gasteiger partial charge in [-0.05, 0) is 107 Å². The minimum atomic E-state index is -0.875. The van der Waals surface area contributed by atoms with E-state index in [0.717, 1.165) is 58.2 Å². The molecule has 2 aromatic heterocycles. The summed E-state index contributed by atoms with van der Waals surface area (Å²) in [6.45, 7) is 19.5. The molecular weight excluding hydrogens is 1350 g/mol. The predicted octanol–water partition coefficient (Wildman–Crippen LogP) is 12.7. The lowest BCUT2D eigenvalue weighted by molar-refractivity contribution is -0.146. The molecule has 97 heavy (non-hydrogen) atoms. The van der Waals surface area contributed by atoms with Crippen molar-refractivity contribution in [2.24, 2.45) is 11.5 Å². The third kappa shape index (κ3) is 27.1. The van der Waals surface area contributed by atoms with Crippen LogP contribution in [0.4, 0.5) is 19.2 Å². The van der Waals surface area contributed by atoms with Gasteiger partial charge in [-0.2, -0.15) is 0 Å². The van der Waals surface area contributed by atoms with Gasteiger partial charge < -0.3 is 95.5 Å². The van der Waals surface area contributed by atoms with Crippen molar-refractivity contribution in [3.8, 4) is 11.3 Å². The van der Waals surface area contributed by atoms with Crippen molar-refractivity contribution in [1.82, 2.24) is 0 Å². The fraction of sp³-hybridized carbons (Fsp3) is 0.292. The summed E-state index contributed by atoms with van der Waals surface area (Å²) in [5.74, 6) is 4.21. The number of esters is 2. The average Bonchev–Trinajstić information content (AvgIpc) is 1.76. The second-order valence-corrected chi connectivity index (χ2v) is 23.3. The predicted molar refractivity (Wildman–Crippen MR) is 353 cm³/mol. The Morgan fingerprint density at radius 3 is 1.10 bits per heavy atom. The second kappa shape index (κ2) is 40.5. The molecule has 3 aromatic carbocycles. The maximum atomic E-state index is 12.1. The first-order chi connectivity index (χ1) is 46.7. The first-order valence-electron chi connectivity index (χ1n) is 29.0. The number of aryl methyl sites for hydroxylation is 1. The van der Waals surface area contributed by atoms with Crippen LogP contribution in [0.5, 0.6) is 0 Å². The molecule has 518 valence electrons. The van der Waals surface area contributed by atoms with E-state index in [1.807, 2.05) is 66.7 Å². The molecule has 4 aliphatic heterocycles. The van der Waals surface area contributed by atoms with Crippen molar-refractivity contribution in [1.29, 1.82) is 0 Å². The highest BCUT2D eigenvalue weighted by molar-refractivity contribution is 8.14. The normalized spacial score (nSPS) is 13.5. The Hall–Kier alpha value is -9.86. The number of carbonyl (C=O) groups is 6. The van der Waals surface area contributed by atoms with Crippen molar-refractivity contribution in [3.63, 3.8) is 0 Å². The van der Waals surface area contributed by atoms with E-state index in [-0.39, 0.29) is 105 Å². The summed E-state index contributed by atoms with van der Waals surface area (Å²) >= 11 is 3.94. The number of hydrogen-bond acceptors (Lipinski definition) is 32. The van der Waals surface area contributed by atoms with Crippen LogP contribution < -0.4 is 23.1 Å². The number of ether oxygens (including phenoxy) is 14. The minimum Gasteiger partial charge on any atom is -0.457 e. The first-order valence-corrected chi connectivity index (χ1v) is 32.9. The summed E-state index contributed by atoms with van der Waals surface area (Å²) in [6, 6.07) is 27.6. The van der Waals surface area contributed by atoms with E-state index in [4.69, 9.17) is 91.0 Å². The summed E-state index contributed by atoms with van der Waals surface area (Å²) < 4.78 is 91.8. The number of hydrogen-bond donors (Lipinski definition) is 2. The zero-order chi connectivity index (χ0) is 70.1. The third-order valence-corrected chi connectivity index (χ3v) is 15.3. The Morgan fingerprint density at radius 1 is 0.392 bits per heavy atom. The van der Waals surface area contributed by atoms with Crippen LogP contribution in [0.2, 0.25) is 0 Å². The summed E-state index contributed by atoms with van der Waals surface area (Å²) in [5.41, 5.74) is 12.8. The Labute approximate surface area is 571 Å². The molecule has 4 aliphatic rings. The molecule has 0 saturated carbocycles. The van der Waals surface area contributed by atoms with Gasteiger partial charge in [0.25, 0.3) is 23.8 Å². The lowest BCUT2D eigenvalue weighted by Gasteiger charge is -2.06. The van der Waals surface area contributed by atoms with E-state index in [9.17, 15) is 38.4 Å². The van der Waals surface area contributed by atoms with Crippen LogP contribution in [0.15, 0.2) is 203 Å². The standard InChI is InChI=1S/C26H22O9S.C16H18O9S.C14H15NO4S.C9H13NO4S/c1-17-32-20(23(33-17)18-9-4-2-5-10-18)16-31-26(29)36-14-8-13-22(27)30-15-21-24(35-25(28)34-21)19-11-6-3-7-12-19;1-9-12(24-11(3)22-9)8-21-16(19)26-6-4-5-14(17)20-7-13-10(2)23-15(18)25-13;1-10-18-12(9-17-14(16)20-8-7-15)13(19-10)11-5-3-2-4-6-11;1-6-8(14-7(2)13-6)5-12-9(11)15-4-3-10/h2-7,9-12H,1,8,13-16H2;3-8H2,1-2H3;2-6H,1,7-9,15H2;2-5,10H2,1H3. The SMILES string of the molecule is C=C1OC(C)=C(COC(=O)SCCCC(=O)OCc2oc(=O)oc2C)O1.C=C1OC(C)=C(COC(=O)SCCN)O1.C=C1OC(COC(=O)SCCCC(=O)OCc2oc(=O)oc2-c2ccccc2)=C(c2ccccc2)O1.C=C1OC(COC(=O)SCCN)=C(c2ccccc2)O1. The number of allylic oxidation sites excluding steroid dienone is 2. The molecule has 6 heterocycles. The van der Waals surface area contributed by atoms with Crippen LogP contribution in [-0.2, 0) is 89.1 Å². The molecule has 32 heteroatoms. The largest absolute Gasteiger partial charge is 0.519 e. The second-order valence-electron chi connectivity index (χ2n) is 19.2. The molecule has 4 N–H and O–H groups in total. The van der Waals surface area contributed by atoms with E-state index >= 15 is 0 Å². The monoisotopic (exact) mass is 1420 g/mol. The molecular formula is C65H68N2O26S4. The minimum absolute atomic E-state index is 0.000345. The van der Waals surface area contributed by atoms with Gasteiger partial charge in [0.15, 0.2) is 97.2 Å². The van der Waals surface area contributed by atoms with Gasteiger partial charge in [-0.15, -0.1) is 0 Å². The van der Waals surface area contributed by atoms with Crippen LogP contribution in [0, 0.1) is 6.92 Å². The van der Waals surface area contributed by atoms with E-state index in [0.29, 0.717) is 101 Å². The van der Waals surface area contributed by atoms with Gasteiger partial charge in [0.2, 0.25) is 0 Å². The molecule has 5 aromatic rings. The highest BCUT2D eigenvalue weighted by Gasteiger charge is 2.27. The molecule has 28 nitrogen and oxygen atoms in total. The smallest absolute Gasteiger partial charge is 0.457 e. The maximum Gasteiger partial charge on any atom is 0.519 e. The molecule has 0 radical (unpaired) electrons. The average molecular weight is 1420 g/mol. The first kappa shape index (κ1) is 76.2. The zero-order valence-electron chi connectivity index (χ0n) is 52.7. The van der Waals surface area contributed by atoms with Gasteiger partial charge in [0, 0.05) is 65.6 Å². The lowest BCUT2D eigenvalue weighted by Crippen LogP contribution is -2.08. The van der Waals surface area contributed by atoms with E-state index in [2.05, 4.69) is 30.7 Å². The van der Waals surface area contributed by atoms with Gasteiger partial charge >= 0.3 is 44.8 Å². The molecule has 0 saturated heterocycles. The summed E-state index contributed by atoms with van der Waals surface area (Å²) in [7, 11) is 0. The molecule has 0 amide bonds. The molecule has 0 aliphatic carbocycles. The quantitative estimate of drug-likeness (QED) is 0.0280. The number of carbonyl (C=O) groups excluding carboxylic acids is 6. The zero-order valence-corrected chi connectivity index (χ0v) is 56.0. The summed E-state index contributed by atoms with van der Waals surface area (Å²) in [6.07, 6.45) is 0.991. The number of benzene rings is 3. The van der Waals surface area contributed by atoms with Crippen molar-refractivity contribution >= 4 is 91.7 Å². The number of thioether (sulfide) groups is 4. The van der Waals surface area contributed by atoms with Crippen LogP contribution in [0.25, 0.3) is 22.8 Å². The van der Waals surface area contributed by atoms with Crippen molar-refractivity contribution in [2.45, 2.75) is 59.7 Å². The fourth-order valence-corrected chi connectivity index (χ4v) is 9.63. The van der Waals surface area contributed by atoms with Crippen LogP contribution in [0.3, 0.4) is 0 Å². The number of rotatable bonds is 27. The summed E-state index contributed by atoms with van der Waals surface area (Å²) in [5, 5.41) is -1.77. The van der Waals surface area contributed by atoms with Crippen molar-refractivity contribution in [3.05, 3.63) is 225 Å². The van der Waals surface area contributed by atoms with E-state index in [1.165, 1.54) is 6.92 Å². The van der Waals surface area contributed by atoms with Gasteiger partial charge in [-0.1, -0.05) is 91.0 Å². The fourth-order valence-electron chi connectivity index (χ4n) is 7.59.